The largest absolute Gasteiger partial charge is 0.393 e. The van der Waals surface area contributed by atoms with Crippen LogP contribution in [0.25, 0.3) is 0 Å². The van der Waals surface area contributed by atoms with Crippen LogP contribution in [0.15, 0.2) is 0 Å². The Bertz CT molecular complexity index is 52.5. The fraction of sp³-hybridized carbons (Fsp3) is 0.875. The number of unbranched alkanes of at least 4 members (excludes halogenated alkanes) is 2. The number of hydrogen-bond acceptors (Lipinski definition) is 1. The van der Waals surface area contributed by atoms with Crippen LogP contribution in [0.5, 0.6) is 0 Å². The first-order chi connectivity index (χ1) is 4.31. The molecule has 0 heterocycles. The molecule has 0 aliphatic rings. The Hall–Kier alpha value is -0.0400. The van der Waals surface area contributed by atoms with Gasteiger partial charge in [-0.15, -0.1) is 0 Å². The lowest BCUT2D eigenvalue weighted by Gasteiger charge is -2.04. The average Bonchev–Trinajstić information content (AvgIpc) is 1.89. The molecule has 1 radical (unpaired) electrons. The summed E-state index contributed by atoms with van der Waals surface area (Å²) < 4.78 is 0. The van der Waals surface area contributed by atoms with Crippen molar-refractivity contribution in [2.75, 3.05) is 0 Å². The van der Waals surface area contributed by atoms with E-state index in [1.807, 2.05) is 6.92 Å². The first-order valence-electron chi connectivity index (χ1n) is 3.81. The molecule has 55 valence electrons. The second kappa shape index (κ2) is 6.09. The van der Waals surface area contributed by atoms with Crippen molar-refractivity contribution in [2.45, 2.75) is 45.6 Å². The number of aliphatic hydroxyl groups excluding tert-OH is 1. The summed E-state index contributed by atoms with van der Waals surface area (Å²) in [4.78, 5) is 0. The van der Waals surface area contributed by atoms with Crippen LogP contribution >= 0.6 is 0 Å². The molecule has 1 atom stereocenters. The summed E-state index contributed by atoms with van der Waals surface area (Å²) in [6.45, 7) is 4.13. The molecular weight excluding hydrogens is 112 g/mol. The summed E-state index contributed by atoms with van der Waals surface area (Å²) in [5.74, 6) is 0. The SMILES string of the molecule is CC[CH]CCC(O)CC. The van der Waals surface area contributed by atoms with E-state index in [9.17, 15) is 0 Å². The quantitative estimate of drug-likeness (QED) is 0.564. The van der Waals surface area contributed by atoms with Gasteiger partial charge in [0.05, 0.1) is 6.10 Å². The lowest BCUT2D eigenvalue weighted by molar-refractivity contribution is 0.160. The molecule has 0 amide bonds. The molecule has 1 heteroatoms. The van der Waals surface area contributed by atoms with Crippen molar-refractivity contribution >= 4 is 0 Å². The summed E-state index contributed by atoms with van der Waals surface area (Å²) in [5.41, 5.74) is 0. The monoisotopic (exact) mass is 129 g/mol. The molecule has 0 spiro atoms. The molecule has 0 aromatic rings. The molecule has 0 aliphatic heterocycles. The number of aliphatic hydroxyl groups is 1. The third-order valence-electron chi connectivity index (χ3n) is 1.46. The van der Waals surface area contributed by atoms with Gasteiger partial charge in [-0.2, -0.15) is 0 Å². The van der Waals surface area contributed by atoms with E-state index in [2.05, 4.69) is 13.3 Å². The van der Waals surface area contributed by atoms with Gasteiger partial charge in [-0.25, -0.2) is 0 Å². The van der Waals surface area contributed by atoms with E-state index in [-0.39, 0.29) is 6.10 Å². The smallest absolute Gasteiger partial charge is 0.0537 e. The van der Waals surface area contributed by atoms with Gasteiger partial charge in [0.1, 0.15) is 0 Å². The predicted molar refractivity (Wildman–Crippen MR) is 40.1 cm³/mol. The molecule has 1 unspecified atom stereocenters. The van der Waals surface area contributed by atoms with E-state index in [4.69, 9.17) is 5.11 Å². The van der Waals surface area contributed by atoms with Crippen molar-refractivity contribution in [2.24, 2.45) is 0 Å². The highest BCUT2D eigenvalue weighted by Gasteiger charge is 1.97. The van der Waals surface area contributed by atoms with Crippen LogP contribution in [0.4, 0.5) is 0 Å². The van der Waals surface area contributed by atoms with Gasteiger partial charge < -0.3 is 5.11 Å². The second-order valence-corrected chi connectivity index (χ2v) is 2.34. The summed E-state index contributed by atoms with van der Waals surface area (Å²) >= 11 is 0. The van der Waals surface area contributed by atoms with Crippen molar-refractivity contribution in [3.05, 3.63) is 6.42 Å². The molecule has 0 bridgehead atoms. The molecule has 1 nitrogen and oxygen atoms in total. The zero-order valence-corrected chi connectivity index (χ0v) is 6.43. The molecule has 0 aromatic carbocycles. The van der Waals surface area contributed by atoms with Gasteiger partial charge in [0.25, 0.3) is 0 Å². The molecule has 0 saturated heterocycles. The van der Waals surface area contributed by atoms with Gasteiger partial charge in [-0.3, -0.25) is 0 Å². The Kier molecular flexibility index (Phi) is 6.06. The molecule has 1 N–H and O–H groups in total. The minimum Gasteiger partial charge on any atom is -0.393 e. The Labute approximate surface area is 58.1 Å². The first-order valence-corrected chi connectivity index (χ1v) is 3.81. The van der Waals surface area contributed by atoms with Crippen molar-refractivity contribution in [1.82, 2.24) is 0 Å². The number of hydrogen-bond donors (Lipinski definition) is 1. The van der Waals surface area contributed by atoms with Gasteiger partial charge in [0.2, 0.25) is 0 Å². The zero-order chi connectivity index (χ0) is 7.11. The lowest BCUT2D eigenvalue weighted by Crippen LogP contribution is -2.03. The van der Waals surface area contributed by atoms with Crippen LogP contribution in [0.2, 0.25) is 0 Å². The molecule has 0 saturated carbocycles. The standard InChI is InChI=1S/C8H17O/c1-3-5-6-7-8(9)4-2/h5,8-9H,3-4,6-7H2,1-2H3. The average molecular weight is 129 g/mol. The predicted octanol–water partition coefficient (Wildman–Crippen LogP) is 2.15. The summed E-state index contributed by atoms with van der Waals surface area (Å²) in [6.07, 6.45) is 6.13. The van der Waals surface area contributed by atoms with Crippen molar-refractivity contribution in [3.8, 4) is 0 Å². The van der Waals surface area contributed by atoms with Gasteiger partial charge in [-0.05, 0) is 25.7 Å². The fourth-order valence-electron chi connectivity index (χ4n) is 0.718. The van der Waals surface area contributed by atoms with Crippen molar-refractivity contribution < 1.29 is 5.11 Å². The maximum atomic E-state index is 9.06. The van der Waals surface area contributed by atoms with Crippen molar-refractivity contribution in [3.63, 3.8) is 0 Å². The van der Waals surface area contributed by atoms with E-state index < -0.39 is 0 Å². The lowest BCUT2D eigenvalue weighted by atomic mass is 10.1. The van der Waals surface area contributed by atoms with Crippen LogP contribution in [-0.4, -0.2) is 11.2 Å². The molecule has 9 heavy (non-hydrogen) atoms. The summed E-state index contributed by atoms with van der Waals surface area (Å²) in [7, 11) is 0. The second-order valence-electron chi connectivity index (χ2n) is 2.34. The van der Waals surface area contributed by atoms with E-state index in [0.717, 1.165) is 25.7 Å². The molecular formula is C8H17O. The normalized spacial score (nSPS) is 13.7. The van der Waals surface area contributed by atoms with E-state index in [1.165, 1.54) is 0 Å². The van der Waals surface area contributed by atoms with Crippen LogP contribution in [0.1, 0.15) is 39.5 Å². The van der Waals surface area contributed by atoms with Gasteiger partial charge in [-0.1, -0.05) is 20.3 Å². The third kappa shape index (κ3) is 5.84. The maximum absolute atomic E-state index is 9.06. The van der Waals surface area contributed by atoms with Gasteiger partial charge in [0, 0.05) is 0 Å². The number of rotatable bonds is 5. The van der Waals surface area contributed by atoms with Crippen LogP contribution < -0.4 is 0 Å². The van der Waals surface area contributed by atoms with Gasteiger partial charge >= 0.3 is 0 Å². The molecule has 0 rings (SSSR count). The van der Waals surface area contributed by atoms with E-state index in [0.29, 0.717) is 0 Å². The third-order valence-corrected chi connectivity index (χ3v) is 1.46. The maximum Gasteiger partial charge on any atom is 0.0537 e. The summed E-state index contributed by atoms with van der Waals surface area (Å²) in [5, 5.41) is 9.06. The van der Waals surface area contributed by atoms with Crippen LogP contribution in [-0.2, 0) is 0 Å². The minimum absolute atomic E-state index is 0.0761. The van der Waals surface area contributed by atoms with Crippen LogP contribution in [0.3, 0.4) is 0 Å². The molecule has 0 aromatic heterocycles. The van der Waals surface area contributed by atoms with E-state index in [1.54, 1.807) is 0 Å². The highest BCUT2D eigenvalue weighted by Crippen LogP contribution is 2.03. The first kappa shape index (κ1) is 8.96. The minimum atomic E-state index is -0.0761. The molecule has 0 aliphatic carbocycles. The highest BCUT2D eigenvalue weighted by molar-refractivity contribution is 4.64. The Morgan fingerprint density at radius 2 is 2.11 bits per heavy atom. The van der Waals surface area contributed by atoms with Crippen LogP contribution in [0, 0.1) is 6.42 Å². The summed E-state index contributed by atoms with van der Waals surface area (Å²) in [6, 6.07) is 0. The van der Waals surface area contributed by atoms with E-state index >= 15 is 0 Å². The Morgan fingerprint density at radius 3 is 2.56 bits per heavy atom. The van der Waals surface area contributed by atoms with Gasteiger partial charge in [0.15, 0.2) is 0 Å². The zero-order valence-electron chi connectivity index (χ0n) is 6.43. The van der Waals surface area contributed by atoms with Crippen molar-refractivity contribution in [1.29, 1.82) is 0 Å². The fourth-order valence-corrected chi connectivity index (χ4v) is 0.718. The Morgan fingerprint density at radius 1 is 1.44 bits per heavy atom. The highest BCUT2D eigenvalue weighted by atomic mass is 16.3. The molecule has 0 fully saturated rings. The topological polar surface area (TPSA) is 20.2 Å². The Balaban J connectivity index is 2.88.